The Kier molecular flexibility index (Phi) is 60.8. The summed E-state index contributed by atoms with van der Waals surface area (Å²) in [5.41, 5.74) is 0. The predicted octanol–water partition coefficient (Wildman–Crippen LogP) is 20.0. The van der Waals surface area contributed by atoms with Crippen molar-refractivity contribution in [1.29, 1.82) is 0 Å². The van der Waals surface area contributed by atoms with Crippen LogP contribution in [0.1, 0.15) is 356 Å². The smallest absolute Gasteiger partial charge is 0.462 e. The molecule has 0 radical (unpaired) electrons. The average Bonchev–Trinajstić information content (AvgIpc) is 3.66. The molecular formula is C70H136O17P2. The molecule has 0 aliphatic rings. The second-order valence-corrected chi connectivity index (χ2v) is 28.7. The SMILES string of the molecule is CCCCCCCCCCCCCC(=O)O[C@H](COC(=O)CCCCCCCCCC)COP(=O)(O)OC[C@H](O)COP(=O)(O)OC[C@@H](COC(=O)CCCCCCCCCCC(C)CC)OC(=O)CCCCCCCCCCCCCCCCC(C)CC. The standard InChI is InChI=1S/C70H136O17P2/c1-7-11-13-15-17-19-24-28-36-42-48-54-69(74)86-65(58-80-67(72)52-46-40-34-18-16-14-12-8-2)60-84-88(76,77)82-56-64(71)57-83-89(78,79)85-61-66(59-81-68(73)53-47-41-35-31-30-33-39-45-51-63(6)10-4)87-70(75)55-49-43-37-29-26-23-21-20-22-25-27-32-38-44-50-62(5)9-3/h62-66,71H,7-61H2,1-6H3,(H,76,77)(H,78,79)/t62?,63?,64-,65+,66+/m0/s1. The largest absolute Gasteiger partial charge is 0.472 e. The summed E-state index contributed by atoms with van der Waals surface area (Å²) in [4.78, 5) is 72.4. The van der Waals surface area contributed by atoms with Gasteiger partial charge >= 0.3 is 39.5 Å². The average molecular weight is 1310 g/mol. The van der Waals surface area contributed by atoms with E-state index in [1.807, 2.05) is 0 Å². The number of ether oxygens (including phenoxy) is 4. The van der Waals surface area contributed by atoms with Crippen LogP contribution in [0.15, 0.2) is 0 Å². The number of phosphoric acid groups is 2. The maximum Gasteiger partial charge on any atom is 0.472 e. The molecule has 0 bridgehead atoms. The molecule has 0 amide bonds. The Hall–Kier alpha value is -1.94. The molecule has 0 aliphatic heterocycles. The van der Waals surface area contributed by atoms with Crippen molar-refractivity contribution in [3.05, 3.63) is 0 Å². The number of hydrogen-bond acceptors (Lipinski definition) is 15. The van der Waals surface area contributed by atoms with Gasteiger partial charge in [0.1, 0.15) is 19.3 Å². The van der Waals surface area contributed by atoms with Crippen molar-refractivity contribution in [2.45, 2.75) is 374 Å². The van der Waals surface area contributed by atoms with Gasteiger partial charge in [-0.3, -0.25) is 37.3 Å². The summed E-state index contributed by atoms with van der Waals surface area (Å²) in [7, 11) is -9.90. The van der Waals surface area contributed by atoms with E-state index in [-0.39, 0.29) is 25.7 Å². The van der Waals surface area contributed by atoms with Crippen molar-refractivity contribution in [3.8, 4) is 0 Å². The van der Waals surface area contributed by atoms with Gasteiger partial charge in [0.05, 0.1) is 26.4 Å². The molecule has 4 unspecified atom stereocenters. The minimum atomic E-state index is -4.95. The van der Waals surface area contributed by atoms with Gasteiger partial charge in [-0.05, 0) is 37.5 Å². The first-order valence-corrected chi connectivity index (χ1v) is 39.6. The highest BCUT2D eigenvalue weighted by Gasteiger charge is 2.30. The molecule has 0 aromatic carbocycles. The quantitative estimate of drug-likeness (QED) is 0.0222. The lowest BCUT2D eigenvalue weighted by molar-refractivity contribution is -0.161. The van der Waals surface area contributed by atoms with Gasteiger partial charge in [0, 0.05) is 25.7 Å². The van der Waals surface area contributed by atoms with Crippen LogP contribution in [-0.4, -0.2) is 96.7 Å². The van der Waals surface area contributed by atoms with Crippen LogP contribution < -0.4 is 0 Å². The third-order valence-corrected chi connectivity index (χ3v) is 18.8. The fourth-order valence-electron chi connectivity index (χ4n) is 10.5. The predicted molar refractivity (Wildman–Crippen MR) is 358 cm³/mol. The minimum Gasteiger partial charge on any atom is -0.462 e. The second-order valence-electron chi connectivity index (χ2n) is 25.8. The molecule has 3 N–H and O–H groups in total. The van der Waals surface area contributed by atoms with E-state index in [0.717, 1.165) is 108 Å². The zero-order valence-electron chi connectivity index (χ0n) is 57.7. The third kappa shape index (κ3) is 62.0. The lowest BCUT2D eigenvalue weighted by atomic mass is 9.99. The lowest BCUT2D eigenvalue weighted by Crippen LogP contribution is -2.30. The van der Waals surface area contributed by atoms with Crippen molar-refractivity contribution < 1.29 is 80.2 Å². The summed E-state index contributed by atoms with van der Waals surface area (Å²) in [5, 5.41) is 10.6. The fourth-order valence-corrected chi connectivity index (χ4v) is 12.1. The van der Waals surface area contributed by atoms with Crippen LogP contribution in [-0.2, 0) is 65.4 Å². The molecule has 0 aromatic heterocycles. The van der Waals surface area contributed by atoms with Gasteiger partial charge in [-0.1, -0.05) is 305 Å². The normalized spacial score (nSPS) is 14.8. The van der Waals surface area contributed by atoms with Crippen LogP contribution in [0.25, 0.3) is 0 Å². The summed E-state index contributed by atoms with van der Waals surface area (Å²) in [6.45, 7) is 9.58. The summed E-state index contributed by atoms with van der Waals surface area (Å²) >= 11 is 0. The zero-order chi connectivity index (χ0) is 65.7. The third-order valence-electron chi connectivity index (χ3n) is 16.9. The number of carbonyl (C=O) groups excluding carboxylic acids is 4. The van der Waals surface area contributed by atoms with Crippen LogP contribution in [0.3, 0.4) is 0 Å². The van der Waals surface area contributed by atoms with Gasteiger partial charge in [0.25, 0.3) is 0 Å². The van der Waals surface area contributed by atoms with Crippen LogP contribution in [0, 0.1) is 11.8 Å². The van der Waals surface area contributed by atoms with E-state index in [0.29, 0.717) is 25.7 Å². The second kappa shape index (κ2) is 62.2. The number of hydrogen-bond donors (Lipinski definition) is 3. The van der Waals surface area contributed by atoms with E-state index in [1.54, 1.807) is 0 Å². The van der Waals surface area contributed by atoms with Crippen LogP contribution in [0.4, 0.5) is 0 Å². The fraction of sp³-hybridized carbons (Fsp3) is 0.943. The van der Waals surface area contributed by atoms with Crippen molar-refractivity contribution >= 4 is 39.5 Å². The van der Waals surface area contributed by atoms with Crippen molar-refractivity contribution in [2.75, 3.05) is 39.6 Å². The van der Waals surface area contributed by atoms with Crippen molar-refractivity contribution in [3.63, 3.8) is 0 Å². The van der Waals surface area contributed by atoms with Crippen LogP contribution in [0.2, 0.25) is 0 Å². The summed E-state index contributed by atoms with van der Waals surface area (Å²) in [6, 6.07) is 0. The molecule has 19 heteroatoms. The maximum absolute atomic E-state index is 13.0. The van der Waals surface area contributed by atoms with Gasteiger partial charge in [0.15, 0.2) is 12.2 Å². The van der Waals surface area contributed by atoms with E-state index in [2.05, 4.69) is 41.5 Å². The monoisotopic (exact) mass is 1310 g/mol. The Morgan fingerprint density at radius 1 is 0.315 bits per heavy atom. The Morgan fingerprint density at radius 3 is 0.798 bits per heavy atom. The van der Waals surface area contributed by atoms with Crippen molar-refractivity contribution in [1.82, 2.24) is 0 Å². The summed E-state index contributed by atoms with van der Waals surface area (Å²) in [6.07, 6.45) is 47.1. The highest BCUT2D eigenvalue weighted by Crippen LogP contribution is 2.45. The van der Waals surface area contributed by atoms with Crippen LogP contribution >= 0.6 is 15.6 Å². The number of unbranched alkanes of at least 4 members (excludes halogenated alkanes) is 37. The van der Waals surface area contributed by atoms with E-state index in [9.17, 15) is 43.2 Å². The van der Waals surface area contributed by atoms with Crippen molar-refractivity contribution in [2.24, 2.45) is 11.8 Å². The molecule has 0 spiro atoms. The number of phosphoric ester groups is 2. The summed E-state index contributed by atoms with van der Waals surface area (Å²) < 4.78 is 68.2. The Labute approximate surface area is 543 Å². The first kappa shape index (κ1) is 87.1. The molecular weight excluding hydrogens is 1170 g/mol. The Bertz CT molecular complexity index is 1740. The number of rotatable bonds is 69. The van der Waals surface area contributed by atoms with Gasteiger partial charge in [-0.2, -0.15) is 0 Å². The number of aliphatic hydroxyl groups is 1. The molecule has 0 saturated carbocycles. The molecule has 0 saturated heterocycles. The van der Waals surface area contributed by atoms with E-state index >= 15 is 0 Å². The highest BCUT2D eigenvalue weighted by molar-refractivity contribution is 7.47. The molecule has 528 valence electrons. The number of aliphatic hydroxyl groups excluding tert-OH is 1. The maximum atomic E-state index is 13.0. The van der Waals surface area contributed by atoms with E-state index in [4.69, 9.17) is 37.0 Å². The first-order chi connectivity index (χ1) is 42.9. The van der Waals surface area contributed by atoms with Gasteiger partial charge in [0.2, 0.25) is 0 Å². The molecule has 0 rings (SSSR count). The molecule has 7 atom stereocenters. The van der Waals surface area contributed by atoms with Crippen LogP contribution in [0.5, 0.6) is 0 Å². The summed E-state index contributed by atoms with van der Waals surface area (Å²) in [5.74, 6) is -0.503. The number of esters is 4. The van der Waals surface area contributed by atoms with E-state index < -0.39 is 97.5 Å². The Balaban J connectivity index is 5.21. The highest BCUT2D eigenvalue weighted by atomic mass is 31.2. The van der Waals surface area contributed by atoms with E-state index in [1.165, 1.54) is 167 Å². The lowest BCUT2D eigenvalue weighted by Gasteiger charge is -2.21. The first-order valence-electron chi connectivity index (χ1n) is 36.6. The molecule has 0 aliphatic carbocycles. The Morgan fingerprint density at radius 2 is 0.539 bits per heavy atom. The van der Waals surface area contributed by atoms with Gasteiger partial charge in [-0.15, -0.1) is 0 Å². The molecule has 0 aromatic rings. The number of carbonyl (C=O) groups is 4. The van der Waals surface area contributed by atoms with Gasteiger partial charge in [-0.25, -0.2) is 9.13 Å². The minimum absolute atomic E-state index is 0.107. The molecule has 0 heterocycles. The molecule has 0 fully saturated rings. The zero-order valence-corrected chi connectivity index (χ0v) is 59.5. The molecule has 89 heavy (non-hydrogen) atoms. The van der Waals surface area contributed by atoms with Gasteiger partial charge < -0.3 is 33.8 Å². The topological polar surface area (TPSA) is 237 Å². The molecule has 17 nitrogen and oxygen atoms in total.